The molecule has 0 aromatic carbocycles. The quantitative estimate of drug-likeness (QED) is 0.508. The highest BCUT2D eigenvalue weighted by Gasteiger charge is 2.65. The third kappa shape index (κ3) is 1.92. The van der Waals surface area contributed by atoms with E-state index >= 15 is 0 Å². The third-order valence-electron chi connectivity index (χ3n) is 2.22. The van der Waals surface area contributed by atoms with Crippen molar-refractivity contribution >= 4 is 0 Å². The number of nitrogens with zero attached hydrogens (tertiary/aromatic N) is 1. The maximum absolute atomic E-state index is 12.2. The van der Waals surface area contributed by atoms with E-state index in [4.69, 9.17) is 15.5 Å². The predicted molar refractivity (Wildman–Crippen MR) is 35.1 cm³/mol. The molecule has 1 saturated carbocycles. The summed E-state index contributed by atoms with van der Waals surface area (Å²) in [6.07, 6.45) is -5.69. The zero-order valence-electron chi connectivity index (χ0n) is 6.60. The lowest BCUT2D eigenvalue weighted by molar-refractivity contribution is -0.221. The van der Waals surface area contributed by atoms with Crippen molar-refractivity contribution in [2.75, 3.05) is 0 Å². The second kappa shape index (κ2) is 2.59. The fourth-order valence-corrected chi connectivity index (χ4v) is 1.22. The van der Waals surface area contributed by atoms with E-state index in [0.717, 1.165) is 6.07 Å². The summed E-state index contributed by atoms with van der Waals surface area (Å²) < 4.78 is 36.7. The van der Waals surface area contributed by atoms with Crippen molar-refractivity contribution in [1.29, 1.82) is 5.26 Å². The van der Waals surface area contributed by atoms with Crippen molar-refractivity contribution in [2.24, 2.45) is 5.41 Å². The van der Waals surface area contributed by atoms with Gasteiger partial charge in [0.05, 0.1) is 5.41 Å². The molecule has 0 spiro atoms. The molecule has 0 amide bonds. The van der Waals surface area contributed by atoms with Crippen LogP contribution in [0.5, 0.6) is 0 Å². The molecule has 0 radical (unpaired) electrons. The van der Waals surface area contributed by atoms with Crippen molar-refractivity contribution in [1.82, 2.24) is 0 Å². The molecule has 1 fully saturated rings. The predicted octanol–water partition coefficient (Wildman–Crippen LogP) is 0.923. The molecule has 6 heteroatoms. The molecule has 0 aromatic heterocycles. The largest absolute Gasteiger partial charge is 0.394 e. The monoisotopic (exact) mass is 195 g/mol. The lowest BCUT2D eigenvalue weighted by Gasteiger charge is -2.23. The number of alkyl halides is 3. The highest BCUT2D eigenvalue weighted by atomic mass is 19.4. The van der Waals surface area contributed by atoms with Crippen LogP contribution in [-0.2, 0) is 0 Å². The maximum atomic E-state index is 12.2. The molecule has 1 aliphatic rings. The average molecular weight is 195 g/mol. The van der Waals surface area contributed by atoms with Gasteiger partial charge in [0.15, 0.2) is 0 Å². The molecule has 0 bridgehead atoms. The minimum atomic E-state index is -4.46. The summed E-state index contributed by atoms with van der Waals surface area (Å²) in [7, 11) is 0. The van der Waals surface area contributed by atoms with Gasteiger partial charge >= 0.3 is 6.18 Å². The van der Waals surface area contributed by atoms with Gasteiger partial charge in [0.25, 0.3) is 5.79 Å². The topological polar surface area (TPSA) is 64.2 Å². The van der Waals surface area contributed by atoms with Gasteiger partial charge in [0.2, 0.25) is 0 Å². The lowest BCUT2D eigenvalue weighted by atomic mass is 9.96. The van der Waals surface area contributed by atoms with Crippen LogP contribution in [0.25, 0.3) is 0 Å². The Hall–Kier alpha value is -0.800. The van der Waals surface area contributed by atoms with Crippen LogP contribution in [0.15, 0.2) is 0 Å². The normalized spacial score (nSPS) is 20.9. The van der Waals surface area contributed by atoms with Gasteiger partial charge in [-0.1, -0.05) is 0 Å². The molecule has 0 unspecified atom stereocenters. The van der Waals surface area contributed by atoms with E-state index in [0.29, 0.717) is 0 Å². The number of hydrogen-bond donors (Lipinski definition) is 2. The molecule has 0 aliphatic heterocycles. The highest BCUT2D eigenvalue weighted by Crippen LogP contribution is 2.61. The molecule has 2 N–H and O–H groups in total. The first-order valence-electron chi connectivity index (χ1n) is 3.65. The Balaban J connectivity index is 2.71. The molecule has 3 nitrogen and oxygen atoms in total. The Labute approximate surface area is 72.4 Å². The van der Waals surface area contributed by atoms with Crippen LogP contribution in [0.3, 0.4) is 0 Å². The van der Waals surface area contributed by atoms with Crippen molar-refractivity contribution in [2.45, 2.75) is 31.2 Å². The summed E-state index contributed by atoms with van der Waals surface area (Å²) in [5, 5.41) is 25.6. The van der Waals surface area contributed by atoms with E-state index < -0.39 is 23.8 Å². The van der Waals surface area contributed by atoms with Gasteiger partial charge in [-0.3, -0.25) is 0 Å². The number of rotatable bonds is 2. The number of halogens is 3. The fraction of sp³-hybridized carbons (Fsp3) is 0.857. The summed E-state index contributed by atoms with van der Waals surface area (Å²) in [6.45, 7) is 0. The smallest absolute Gasteiger partial charge is 0.354 e. The summed E-state index contributed by atoms with van der Waals surface area (Å²) in [6, 6.07) is 1.02. The summed E-state index contributed by atoms with van der Waals surface area (Å²) in [5.41, 5.74) is -2.05. The maximum Gasteiger partial charge on any atom is 0.394 e. The zero-order valence-corrected chi connectivity index (χ0v) is 6.60. The summed E-state index contributed by atoms with van der Waals surface area (Å²) >= 11 is 0. The SMILES string of the molecule is N#CC(O)(O)CC1(C(F)(F)F)CC1. The molecular weight excluding hydrogens is 187 g/mol. The van der Waals surface area contributed by atoms with Gasteiger partial charge in [-0.2, -0.15) is 18.4 Å². The van der Waals surface area contributed by atoms with Crippen molar-refractivity contribution in [3.63, 3.8) is 0 Å². The van der Waals surface area contributed by atoms with Crippen molar-refractivity contribution in [3.8, 4) is 6.07 Å². The Bertz CT molecular complexity index is 249. The molecule has 1 aliphatic carbocycles. The lowest BCUT2D eigenvalue weighted by Crippen LogP contribution is -2.36. The highest BCUT2D eigenvalue weighted by molar-refractivity contribution is 5.06. The standard InChI is InChI=1S/C7H8F3NO2/c8-7(9,10)5(1-2-5)3-6(12,13)4-11/h12-13H,1-3H2. The van der Waals surface area contributed by atoms with Crippen LogP contribution in [-0.4, -0.2) is 22.2 Å². The first kappa shape index (κ1) is 10.3. The molecule has 13 heavy (non-hydrogen) atoms. The van der Waals surface area contributed by atoms with Crippen molar-refractivity contribution < 1.29 is 23.4 Å². The number of nitriles is 1. The van der Waals surface area contributed by atoms with Crippen LogP contribution in [0, 0.1) is 16.7 Å². The number of aliphatic hydroxyl groups is 2. The van der Waals surface area contributed by atoms with Gasteiger partial charge in [-0.15, -0.1) is 0 Å². The van der Waals surface area contributed by atoms with Crippen LogP contribution < -0.4 is 0 Å². The Morgan fingerprint density at radius 3 is 2.00 bits per heavy atom. The first-order chi connectivity index (χ1) is 5.72. The molecule has 0 atom stereocenters. The summed E-state index contributed by atoms with van der Waals surface area (Å²) in [5.74, 6) is -2.87. The molecule has 0 saturated heterocycles. The Kier molecular flexibility index (Phi) is 2.05. The molecule has 0 heterocycles. The van der Waals surface area contributed by atoms with E-state index in [1.54, 1.807) is 0 Å². The van der Waals surface area contributed by atoms with Crippen LogP contribution in [0.2, 0.25) is 0 Å². The van der Waals surface area contributed by atoms with Crippen LogP contribution in [0.4, 0.5) is 13.2 Å². The molecule has 1 rings (SSSR count). The molecular formula is C7H8F3NO2. The summed E-state index contributed by atoms with van der Waals surface area (Å²) in [4.78, 5) is 0. The molecule has 74 valence electrons. The average Bonchev–Trinajstić information content (AvgIpc) is 2.67. The van der Waals surface area contributed by atoms with Crippen LogP contribution >= 0.6 is 0 Å². The van der Waals surface area contributed by atoms with Crippen LogP contribution in [0.1, 0.15) is 19.3 Å². The Morgan fingerprint density at radius 1 is 1.31 bits per heavy atom. The van der Waals surface area contributed by atoms with Gasteiger partial charge in [0.1, 0.15) is 6.07 Å². The van der Waals surface area contributed by atoms with Gasteiger partial charge in [-0.05, 0) is 12.8 Å². The van der Waals surface area contributed by atoms with E-state index in [-0.39, 0.29) is 12.8 Å². The zero-order chi connectivity index (χ0) is 10.3. The minimum absolute atomic E-state index is 0.138. The van der Waals surface area contributed by atoms with Gasteiger partial charge in [-0.25, -0.2) is 0 Å². The second-order valence-electron chi connectivity index (χ2n) is 3.38. The Morgan fingerprint density at radius 2 is 1.77 bits per heavy atom. The van der Waals surface area contributed by atoms with E-state index in [9.17, 15) is 13.2 Å². The van der Waals surface area contributed by atoms with Crippen molar-refractivity contribution in [3.05, 3.63) is 0 Å². The van der Waals surface area contributed by atoms with Gasteiger partial charge in [0, 0.05) is 6.42 Å². The molecule has 0 aromatic rings. The fourth-order valence-electron chi connectivity index (χ4n) is 1.22. The van der Waals surface area contributed by atoms with E-state index in [1.165, 1.54) is 0 Å². The second-order valence-corrected chi connectivity index (χ2v) is 3.38. The number of hydrogen-bond acceptors (Lipinski definition) is 3. The van der Waals surface area contributed by atoms with Gasteiger partial charge < -0.3 is 10.2 Å². The van der Waals surface area contributed by atoms with E-state index in [2.05, 4.69) is 0 Å². The third-order valence-corrected chi connectivity index (χ3v) is 2.22. The first-order valence-corrected chi connectivity index (χ1v) is 3.65. The minimum Gasteiger partial charge on any atom is -0.354 e. The van der Waals surface area contributed by atoms with E-state index in [1.807, 2.05) is 0 Å².